The molecule has 1 aliphatic heterocycles. The SMILES string of the molecule is CCOc1cc(Cl)c(S(=O)(=O)NC(C)(C)C)cc1/C(=N/C(C)(C)C1C=CC(Cl)=CC1)N(Cc1ccc(Cl)cc1)C(=O)N1CCN(CC(N)=O)CC1. The first-order chi connectivity index (χ1) is 23.8. The van der Waals surface area contributed by atoms with E-state index in [1.165, 1.54) is 12.1 Å². The van der Waals surface area contributed by atoms with Gasteiger partial charge in [0.1, 0.15) is 16.5 Å². The van der Waals surface area contributed by atoms with Gasteiger partial charge in [-0.15, -0.1) is 0 Å². The number of rotatable bonds is 11. The number of nitrogens with zero attached hydrogens (tertiary/aromatic N) is 4. The van der Waals surface area contributed by atoms with Gasteiger partial charge in [0.25, 0.3) is 0 Å². The Morgan fingerprint density at radius 1 is 1.04 bits per heavy atom. The van der Waals surface area contributed by atoms with Crippen LogP contribution in [-0.2, 0) is 21.4 Å². The molecule has 2 aromatic rings. The van der Waals surface area contributed by atoms with Crippen LogP contribution in [0.3, 0.4) is 0 Å². The maximum Gasteiger partial charge on any atom is 0.326 e. The molecule has 1 heterocycles. The third kappa shape index (κ3) is 10.9. The van der Waals surface area contributed by atoms with Gasteiger partial charge in [-0.05, 0) is 77.8 Å². The number of amidine groups is 1. The summed E-state index contributed by atoms with van der Waals surface area (Å²) in [6.07, 6.45) is 6.33. The molecular formula is C36H47Cl3N6O5S. The molecule has 0 aromatic heterocycles. The van der Waals surface area contributed by atoms with Gasteiger partial charge in [0.15, 0.2) is 0 Å². The van der Waals surface area contributed by atoms with E-state index in [9.17, 15) is 18.0 Å². The first-order valence-corrected chi connectivity index (χ1v) is 19.4. The van der Waals surface area contributed by atoms with Gasteiger partial charge >= 0.3 is 6.03 Å². The smallest absolute Gasteiger partial charge is 0.326 e. The number of halogens is 3. The fourth-order valence-electron chi connectivity index (χ4n) is 5.88. The maximum absolute atomic E-state index is 14.8. The summed E-state index contributed by atoms with van der Waals surface area (Å²) in [5.74, 6) is -0.107. The standard InChI is InChI=1S/C36H47Cl3N6O5S/c1-7-50-30-21-29(39)31(51(48,49)42-35(2,3)4)20-28(30)33(41-36(5,6)25-10-14-27(38)15-11-25)45(22-24-8-12-26(37)13-9-24)34(47)44-18-16-43(17-19-44)23-32(40)46/h8-10,12-15,20-21,25,42H,7,11,16-19,22-23H2,1-6H3,(H2,40,46)/b41-33-. The summed E-state index contributed by atoms with van der Waals surface area (Å²) < 4.78 is 36.4. The van der Waals surface area contributed by atoms with E-state index in [4.69, 9.17) is 50.3 Å². The molecule has 1 atom stereocenters. The van der Waals surface area contributed by atoms with Crippen LogP contribution >= 0.6 is 34.8 Å². The topological polar surface area (TPSA) is 138 Å². The quantitative estimate of drug-likeness (QED) is 0.200. The van der Waals surface area contributed by atoms with Gasteiger partial charge in [-0.2, -0.15) is 0 Å². The number of sulfonamides is 1. The number of hydrogen-bond donors (Lipinski definition) is 2. The molecule has 1 fully saturated rings. The average molecular weight is 782 g/mol. The van der Waals surface area contributed by atoms with Crippen LogP contribution in [0.25, 0.3) is 0 Å². The second-order valence-corrected chi connectivity index (χ2v) is 17.1. The highest BCUT2D eigenvalue weighted by Crippen LogP contribution is 2.36. The minimum absolute atomic E-state index is 0.0475. The number of benzene rings is 2. The van der Waals surface area contributed by atoms with Gasteiger partial charge in [-0.1, -0.05) is 59.1 Å². The summed E-state index contributed by atoms with van der Waals surface area (Å²) in [4.78, 5) is 36.7. The van der Waals surface area contributed by atoms with Crippen LogP contribution in [0.1, 0.15) is 59.1 Å². The van der Waals surface area contributed by atoms with Crippen molar-refractivity contribution in [1.82, 2.24) is 19.4 Å². The lowest BCUT2D eigenvalue weighted by atomic mass is 9.83. The van der Waals surface area contributed by atoms with Gasteiger partial charge in [-0.3, -0.25) is 19.6 Å². The number of carbonyl (C=O) groups is 2. The Bertz CT molecular complexity index is 1800. The summed E-state index contributed by atoms with van der Waals surface area (Å²) in [7, 11) is -4.15. The molecule has 11 nitrogen and oxygen atoms in total. The largest absolute Gasteiger partial charge is 0.493 e. The van der Waals surface area contributed by atoms with Crippen LogP contribution in [0.2, 0.25) is 10.0 Å². The van der Waals surface area contributed by atoms with Gasteiger partial charge in [0.05, 0.1) is 35.8 Å². The van der Waals surface area contributed by atoms with Gasteiger partial charge in [0, 0.05) is 53.8 Å². The van der Waals surface area contributed by atoms with E-state index in [0.717, 1.165) is 5.56 Å². The van der Waals surface area contributed by atoms with Gasteiger partial charge < -0.3 is 15.4 Å². The van der Waals surface area contributed by atoms with E-state index in [0.29, 0.717) is 42.7 Å². The zero-order valence-corrected chi connectivity index (χ0v) is 33.0. The summed E-state index contributed by atoms with van der Waals surface area (Å²) >= 11 is 19.2. The summed E-state index contributed by atoms with van der Waals surface area (Å²) in [5.41, 5.74) is 4.83. The van der Waals surface area contributed by atoms with E-state index in [1.54, 1.807) is 49.6 Å². The monoisotopic (exact) mass is 780 g/mol. The highest BCUT2D eigenvalue weighted by molar-refractivity contribution is 7.89. The number of amides is 3. The third-order valence-electron chi connectivity index (χ3n) is 8.42. The van der Waals surface area contributed by atoms with Gasteiger partial charge in [0.2, 0.25) is 15.9 Å². The molecule has 278 valence electrons. The van der Waals surface area contributed by atoms with E-state index in [2.05, 4.69) is 4.72 Å². The Morgan fingerprint density at radius 3 is 2.24 bits per heavy atom. The molecule has 4 rings (SSSR count). The molecule has 0 radical (unpaired) electrons. The molecule has 0 bridgehead atoms. The molecular weight excluding hydrogens is 735 g/mol. The lowest BCUT2D eigenvalue weighted by molar-refractivity contribution is -0.119. The molecule has 51 heavy (non-hydrogen) atoms. The van der Waals surface area contributed by atoms with Crippen molar-refractivity contribution in [1.29, 1.82) is 0 Å². The highest BCUT2D eigenvalue weighted by atomic mass is 35.5. The van der Waals surface area contributed by atoms with Crippen molar-refractivity contribution in [2.45, 2.75) is 70.5 Å². The van der Waals surface area contributed by atoms with Crippen molar-refractivity contribution < 1.29 is 22.7 Å². The second-order valence-electron chi connectivity index (χ2n) is 14.2. The molecule has 0 saturated carbocycles. The maximum atomic E-state index is 14.8. The molecule has 2 aliphatic rings. The van der Waals surface area contributed by atoms with Crippen LogP contribution in [0.15, 0.2) is 69.5 Å². The summed E-state index contributed by atoms with van der Waals surface area (Å²) in [6, 6.07) is 9.64. The number of aliphatic imine (C=N–C) groups is 1. The Hall–Kier alpha value is -3.13. The van der Waals surface area contributed by atoms with Crippen molar-refractivity contribution in [3.63, 3.8) is 0 Å². The number of allylic oxidation sites excluding steroid dienone is 3. The van der Waals surface area contributed by atoms with Crippen molar-refractivity contribution in [3.05, 3.63) is 80.8 Å². The Kier molecular flexibility index (Phi) is 13.3. The number of nitrogens with one attached hydrogen (secondary N) is 1. The lowest BCUT2D eigenvalue weighted by Crippen LogP contribution is -2.55. The van der Waals surface area contributed by atoms with E-state index >= 15 is 0 Å². The predicted molar refractivity (Wildman–Crippen MR) is 204 cm³/mol. The van der Waals surface area contributed by atoms with Crippen LogP contribution in [0.4, 0.5) is 4.79 Å². The fourth-order valence-corrected chi connectivity index (χ4v) is 8.13. The zero-order chi connectivity index (χ0) is 37.7. The molecule has 15 heteroatoms. The number of primary amides is 1. The highest BCUT2D eigenvalue weighted by Gasteiger charge is 2.36. The van der Waals surface area contributed by atoms with Crippen LogP contribution in [0.5, 0.6) is 5.75 Å². The normalized spacial score (nSPS) is 17.7. The minimum atomic E-state index is -4.15. The molecule has 3 amide bonds. The number of carbonyl (C=O) groups excluding carboxylic acids is 2. The molecule has 1 unspecified atom stereocenters. The minimum Gasteiger partial charge on any atom is -0.493 e. The van der Waals surface area contributed by atoms with E-state index in [-0.39, 0.29) is 58.7 Å². The van der Waals surface area contributed by atoms with E-state index in [1.807, 2.05) is 49.1 Å². The molecule has 1 saturated heterocycles. The number of ether oxygens (including phenoxy) is 1. The van der Waals surface area contributed by atoms with Crippen molar-refractivity contribution in [3.8, 4) is 5.75 Å². The first-order valence-electron chi connectivity index (χ1n) is 16.8. The van der Waals surface area contributed by atoms with Crippen LogP contribution < -0.4 is 15.2 Å². The summed E-state index contributed by atoms with van der Waals surface area (Å²) in [5, 5.41) is 1.11. The molecule has 1 aliphatic carbocycles. The lowest BCUT2D eigenvalue weighted by Gasteiger charge is -2.39. The van der Waals surface area contributed by atoms with Crippen molar-refractivity contribution in [2.75, 3.05) is 39.3 Å². The zero-order valence-electron chi connectivity index (χ0n) is 29.9. The van der Waals surface area contributed by atoms with Crippen molar-refractivity contribution in [2.24, 2.45) is 16.6 Å². The predicted octanol–water partition coefficient (Wildman–Crippen LogP) is 6.42. The first kappa shape index (κ1) is 40.6. The number of hydrogen-bond acceptors (Lipinski definition) is 7. The fraction of sp³-hybridized carbons (Fsp3) is 0.472. The number of nitrogens with two attached hydrogens (primary N) is 1. The molecule has 2 aromatic carbocycles. The Morgan fingerprint density at radius 2 is 1.69 bits per heavy atom. The van der Waals surface area contributed by atoms with E-state index < -0.39 is 27.0 Å². The number of urea groups is 1. The molecule has 3 N–H and O–H groups in total. The Balaban J connectivity index is 1.97. The second kappa shape index (κ2) is 16.7. The van der Waals surface area contributed by atoms with Crippen molar-refractivity contribution >= 4 is 62.6 Å². The van der Waals surface area contributed by atoms with Crippen LogP contribution in [0, 0.1) is 5.92 Å². The third-order valence-corrected chi connectivity index (χ3v) is 11.2. The average Bonchev–Trinajstić information content (AvgIpc) is 3.03. The number of piperazine rings is 1. The molecule has 0 spiro atoms. The van der Waals surface area contributed by atoms with Crippen LogP contribution in [-0.4, -0.2) is 91.3 Å². The Labute approximate surface area is 316 Å². The van der Waals surface area contributed by atoms with Gasteiger partial charge in [-0.25, -0.2) is 17.9 Å². The summed E-state index contributed by atoms with van der Waals surface area (Å²) in [6.45, 7) is 12.8.